The summed E-state index contributed by atoms with van der Waals surface area (Å²) in [7, 11) is 0. The molecule has 0 spiro atoms. The van der Waals surface area contributed by atoms with E-state index in [1.54, 1.807) is 19.1 Å². The van der Waals surface area contributed by atoms with Gasteiger partial charge in [-0.15, -0.1) is 0 Å². The number of ether oxygens (including phenoxy) is 1. The zero-order chi connectivity index (χ0) is 26.1. The van der Waals surface area contributed by atoms with E-state index in [1.807, 2.05) is 24.3 Å². The van der Waals surface area contributed by atoms with Crippen molar-refractivity contribution >= 4 is 5.97 Å². The number of hydrogen-bond donors (Lipinski definition) is 2. The van der Waals surface area contributed by atoms with Gasteiger partial charge in [0.15, 0.2) is 0 Å². The van der Waals surface area contributed by atoms with Crippen LogP contribution in [0.5, 0.6) is 0 Å². The van der Waals surface area contributed by atoms with E-state index in [1.165, 1.54) is 11.1 Å². The number of aliphatic hydroxyl groups is 2. The summed E-state index contributed by atoms with van der Waals surface area (Å²) in [5.41, 5.74) is 8.74. The van der Waals surface area contributed by atoms with Crippen molar-refractivity contribution in [3.8, 4) is 22.3 Å². The lowest BCUT2D eigenvalue weighted by Gasteiger charge is -2.42. The van der Waals surface area contributed by atoms with Gasteiger partial charge in [-0.3, -0.25) is 0 Å². The molecule has 0 saturated carbocycles. The second kappa shape index (κ2) is 10.2. The quantitative estimate of drug-likeness (QED) is 0.377. The van der Waals surface area contributed by atoms with E-state index < -0.39 is 6.10 Å². The van der Waals surface area contributed by atoms with Crippen molar-refractivity contribution in [2.75, 3.05) is 13.2 Å². The van der Waals surface area contributed by atoms with Crippen molar-refractivity contribution < 1.29 is 19.7 Å². The van der Waals surface area contributed by atoms with Crippen molar-refractivity contribution in [3.05, 3.63) is 82.9 Å². The molecule has 0 aromatic heterocycles. The molecule has 2 N–H and O–H groups in total. The van der Waals surface area contributed by atoms with Gasteiger partial charge in [0.2, 0.25) is 0 Å². The Hall–Kier alpha value is -2.95. The maximum Gasteiger partial charge on any atom is 0.338 e. The summed E-state index contributed by atoms with van der Waals surface area (Å²) >= 11 is 0. The van der Waals surface area contributed by atoms with Crippen molar-refractivity contribution in [1.82, 2.24) is 0 Å². The van der Waals surface area contributed by atoms with Crippen LogP contribution in [0.4, 0.5) is 0 Å². The van der Waals surface area contributed by atoms with Gasteiger partial charge in [0.1, 0.15) is 0 Å². The Kier molecular flexibility index (Phi) is 7.40. The first-order valence-corrected chi connectivity index (χ1v) is 12.9. The van der Waals surface area contributed by atoms with E-state index in [0.717, 1.165) is 40.7 Å². The predicted octanol–water partition coefficient (Wildman–Crippen LogP) is 6.44. The Balaban J connectivity index is 1.80. The van der Waals surface area contributed by atoms with E-state index >= 15 is 0 Å². The molecule has 0 amide bonds. The lowest BCUT2D eigenvalue weighted by molar-refractivity contribution is 0.0526. The van der Waals surface area contributed by atoms with E-state index in [2.05, 4.69) is 52.0 Å². The average molecular weight is 487 g/mol. The highest BCUT2D eigenvalue weighted by Gasteiger charge is 2.37. The molecule has 4 nitrogen and oxygen atoms in total. The summed E-state index contributed by atoms with van der Waals surface area (Å²) < 4.78 is 5.11. The van der Waals surface area contributed by atoms with Crippen LogP contribution in [-0.2, 0) is 22.0 Å². The van der Waals surface area contributed by atoms with Crippen LogP contribution in [0, 0.1) is 0 Å². The first-order valence-electron chi connectivity index (χ1n) is 12.9. The monoisotopic (exact) mass is 486 g/mol. The molecule has 0 radical (unpaired) electrons. The third-order valence-electron chi connectivity index (χ3n) is 7.67. The molecule has 1 aliphatic carbocycles. The normalized spacial score (nSPS) is 16.8. The minimum atomic E-state index is -0.813. The smallest absolute Gasteiger partial charge is 0.338 e. The molecular formula is C32H38O4. The Morgan fingerprint density at radius 1 is 0.861 bits per heavy atom. The molecule has 0 bridgehead atoms. The first kappa shape index (κ1) is 26.1. The summed E-state index contributed by atoms with van der Waals surface area (Å²) in [6, 6.07) is 20.5. The summed E-state index contributed by atoms with van der Waals surface area (Å²) in [6.45, 7) is 11.2. The van der Waals surface area contributed by atoms with Gasteiger partial charge >= 0.3 is 5.97 Å². The summed E-state index contributed by atoms with van der Waals surface area (Å²) in [6.07, 6.45) is 1.86. The topological polar surface area (TPSA) is 66.8 Å². The molecule has 0 saturated heterocycles. The van der Waals surface area contributed by atoms with Crippen molar-refractivity contribution in [3.63, 3.8) is 0 Å². The van der Waals surface area contributed by atoms with Crippen LogP contribution in [0.25, 0.3) is 22.3 Å². The summed E-state index contributed by atoms with van der Waals surface area (Å²) in [5.74, 6) is -0.322. The number of hydrogen-bond acceptors (Lipinski definition) is 4. The Labute approximate surface area is 215 Å². The SMILES string of the molecule is CCOC(=O)c1ccc(-c2ccc(CC(O)CO)c(-c3ccc4c(c3)C(C)(C)CCC4(C)C)c2)cc1. The fraction of sp³-hybridized carbons (Fsp3) is 0.406. The predicted molar refractivity (Wildman–Crippen MR) is 145 cm³/mol. The molecule has 0 aliphatic heterocycles. The van der Waals surface area contributed by atoms with Gasteiger partial charge in [0.25, 0.3) is 0 Å². The van der Waals surface area contributed by atoms with Crippen molar-refractivity contribution in [2.45, 2.75) is 70.8 Å². The number of fused-ring (bicyclic) bond motifs is 1. The van der Waals surface area contributed by atoms with Gasteiger partial charge < -0.3 is 14.9 Å². The van der Waals surface area contributed by atoms with Gasteiger partial charge in [-0.25, -0.2) is 4.79 Å². The molecule has 3 aromatic carbocycles. The standard InChI is InChI=1S/C32H38O4/c1-6-36-30(35)22-9-7-21(8-10-22)23-11-12-24(17-26(34)20-33)27(18-23)25-13-14-28-29(19-25)32(4,5)16-15-31(28,2)3/h7-14,18-19,26,33-34H,6,15-17,20H2,1-5H3. The molecule has 190 valence electrons. The number of carbonyl (C=O) groups excluding carboxylic acids is 1. The fourth-order valence-electron chi connectivity index (χ4n) is 5.29. The van der Waals surface area contributed by atoms with Gasteiger partial charge in [-0.2, -0.15) is 0 Å². The van der Waals surface area contributed by atoms with Gasteiger partial charge in [0.05, 0.1) is 24.9 Å². The average Bonchev–Trinajstić information content (AvgIpc) is 2.87. The van der Waals surface area contributed by atoms with Crippen LogP contribution in [0.2, 0.25) is 0 Å². The minimum Gasteiger partial charge on any atom is -0.462 e. The minimum absolute atomic E-state index is 0.0895. The summed E-state index contributed by atoms with van der Waals surface area (Å²) in [5, 5.41) is 19.7. The van der Waals surface area contributed by atoms with Crippen LogP contribution in [-0.4, -0.2) is 35.5 Å². The van der Waals surface area contributed by atoms with Crippen LogP contribution in [0.1, 0.15) is 74.5 Å². The number of esters is 1. The molecule has 0 heterocycles. The lowest BCUT2D eigenvalue weighted by Crippen LogP contribution is -2.33. The maximum atomic E-state index is 12.1. The number of carbonyl (C=O) groups is 1. The van der Waals surface area contributed by atoms with Crippen LogP contribution in [0.15, 0.2) is 60.7 Å². The van der Waals surface area contributed by atoms with E-state index in [0.29, 0.717) is 18.6 Å². The highest BCUT2D eigenvalue weighted by atomic mass is 16.5. The molecule has 0 fully saturated rings. The van der Waals surface area contributed by atoms with Crippen molar-refractivity contribution in [1.29, 1.82) is 0 Å². The zero-order valence-electron chi connectivity index (χ0n) is 22.1. The van der Waals surface area contributed by atoms with Crippen molar-refractivity contribution in [2.24, 2.45) is 0 Å². The summed E-state index contributed by atoms with van der Waals surface area (Å²) in [4.78, 5) is 12.1. The number of aliphatic hydroxyl groups excluding tert-OH is 2. The maximum absolute atomic E-state index is 12.1. The Morgan fingerprint density at radius 3 is 2.11 bits per heavy atom. The number of rotatable bonds is 7. The highest BCUT2D eigenvalue weighted by Crippen LogP contribution is 2.47. The highest BCUT2D eigenvalue weighted by molar-refractivity contribution is 5.90. The van der Waals surface area contributed by atoms with Gasteiger partial charge in [-0.1, -0.05) is 70.2 Å². The van der Waals surface area contributed by atoms with E-state index in [4.69, 9.17) is 4.74 Å². The first-order chi connectivity index (χ1) is 17.1. The van der Waals surface area contributed by atoms with E-state index in [-0.39, 0.29) is 23.4 Å². The number of benzene rings is 3. The largest absolute Gasteiger partial charge is 0.462 e. The second-order valence-electron chi connectivity index (χ2n) is 11.2. The van der Waals surface area contributed by atoms with Crippen LogP contribution < -0.4 is 0 Å². The van der Waals surface area contributed by atoms with Gasteiger partial charge in [0, 0.05) is 6.42 Å². The molecular weight excluding hydrogens is 448 g/mol. The third kappa shape index (κ3) is 5.25. The Morgan fingerprint density at radius 2 is 1.47 bits per heavy atom. The zero-order valence-corrected chi connectivity index (χ0v) is 22.1. The molecule has 4 heteroatoms. The van der Waals surface area contributed by atoms with Crippen LogP contribution in [0.3, 0.4) is 0 Å². The molecule has 1 aliphatic rings. The molecule has 3 aromatic rings. The van der Waals surface area contributed by atoms with Gasteiger partial charge in [-0.05, 0) is 87.7 Å². The third-order valence-corrected chi connectivity index (χ3v) is 7.67. The van der Waals surface area contributed by atoms with E-state index in [9.17, 15) is 15.0 Å². The molecule has 36 heavy (non-hydrogen) atoms. The molecule has 1 atom stereocenters. The Bertz CT molecular complexity index is 1240. The lowest BCUT2D eigenvalue weighted by atomic mass is 9.63. The second-order valence-corrected chi connectivity index (χ2v) is 11.2. The molecule has 1 unspecified atom stereocenters. The van der Waals surface area contributed by atoms with Crippen LogP contribution >= 0.6 is 0 Å². The fourth-order valence-corrected chi connectivity index (χ4v) is 5.29. The molecule has 4 rings (SSSR count).